The maximum absolute atomic E-state index is 12.4. The zero-order valence-corrected chi connectivity index (χ0v) is 14.7. The second kappa shape index (κ2) is 8.62. The Hall–Kier alpha value is -1.16. The lowest BCUT2D eigenvalue weighted by Gasteiger charge is -2.25. The Kier molecular flexibility index (Phi) is 6.82. The van der Waals surface area contributed by atoms with E-state index in [4.69, 9.17) is 4.74 Å². The lowest BCUT2D eigenvalue weighted by molar-refractivity contribution is -0.118. The summed E-state index contributed by atoms with van der Waals surface area (Å²) in [7, 11) is -3.52. The summed E-state index contributed by atoms with van der Waals surface area (Å²) >= 11 is 1.28. The Morgan fingerprint density at radius 2 is 2.13 bits per heavy atom. The molecule has 0 unspecified atom stereocenters. The third kappa shape index (κ3) is 5.17. The minimum Gasteiger partial charge on any atom is -0.379 e. The predicted octanol–water partition coefficient (Wildman–Crippen LogP) is 0.721. The van der Waals surface area contributed by atoms with E-state index in [1.54, 1.807) is 6.07 Å². The number of morpholine rings is 1. The van der Waals surface area contributed by atoms with Crippen molar-refractivity contribution in [2.75, 3.05) is 38.6 Å². The van der Waals surface area contributed by atoms with E-state index in [2.05, 4.69) is 10.3 Å². The summed E-state index contributed by atoms with van der Waals surface area (Å²) in [6.07, 6.45) is 2.24. The summed E-state index contributed by atoms with van der Waals surface area (Å²) in [6, 6.07) is 3.16. The fourth-order valence-corrected chi connectivity index (χ4v) is 4.02. The van der Waals surface area contributed by atoms with Gasteiger partial charge >= 0.3 is 0 Å². The van der Waals surface area contributed by atoms with Gasteiger partial charge in [0.15, 0.2) is 0 Å². The third-order valence-corrected chi connectivity index (χ3v) is 6.07. The molecule has 1 saturated heterocycles. The summed E-state index contributed by atoms with van der Waals surface area (Å²) in [5, 5.41) is 3.40. The van der Waals surface area contributed by atoms with Crippen LogP contribution >= 0.6 is 11.8 Å². The molecule has 7 nitrogen and oxygen atoms in total. The quantitative estimate of drug-likeness (QED) is 0.722. The van der Waals surface area contributed by atoms with Gasteiger partial charge in [0.25, 0.3) is 0 Å². The first-order valence-electron chi connectivity index (χ1n) is 7.47. The Labute approximate surface area is 140 Å². The molecule has 1 N–H and O–H groups in total. The van der Waals surface area contributed by atoms with Crippen molar-refractivity contribution in [3.05, 3.63) is 18.3 Å². The fraction of sp³-hybridized carbons (Fsp3) is 0.571. The van der Waals surface area contributed by atoms with Crippen molar-refractivity contribution in [3.63, 3.8) is 0 Å². The maximum Gasteiger partial charge on any atom is 0.244 e. The van der Waals surface area contributed by atoms with Crippen molar-refractivity contribution in [1.82, 2.24) is 14.6 Å². The average Bonchev–Trinajstić information content (AvgIpc) is 2.59. The van der Waals surface area contributed by atoms with Crippen LogP contribution in [-0.4, -0.2) is 62.2 Å². The molecule has 1 aliphatic heterocycles. The van der Waals surface area contributed by atoms with Crippen molar-refractivity contribution in [2.45, 2.75) is 23.3 Å². The Morgan fingerprint density at radius 1 is 1.39 bits per heavy atom. The molecule has 0 radical (unpaired) electrons. The standard InChI is InChI=1S/C14H21N3O4S2/c1-2-5-15-13(18)11-22-14-4-3-12(10-16-14)23(19,20)17-6-8-21-9-7-17/h3-4,10H,2,5-9,11H2,1H3,(H,15,18). The SMILES string of the molecule is CCCNC(=O)CSc1ccc(S(=O)(=O)N2CCOCC2)cn1. The fourth-order valence-electron chi connectivity index (χ4n) is 2.00. The molecule has 0 saturated carbocycles. The van der Waals surface area contributed by atoms with Crippen molar-refractivity contribution >= 4 is 27.7 Å². The van der Waals surface area contributed by atoms with E-state index < -0.39 is 10.0 Å². The van der Waals surface area contributed by atoms with Gasteiger partial charge < -0.3 is 10.1 Å². The highest BCUT2D eigenvalue weighted by molar-refractivity contribution is 7.99. The zero-order chi connectivity index (χ0) is 16.7. The number of nitrogens with one attached hydrogen (secondary N) is 1. The van der Waals surface area contributed by atoms with Crippen molar-refractivity contribution in [2.24, 2.45) is 0 Å². The van der Waals surface area contributed by atoms with Crippen LogP contribution < -0.4 is 5.32 Å². The van der Waals surface area contributed by atoms with E-state index in [0.717, 1.165) is 6.42 Å². The van der Waals surface area contributed by atoms with Crippen LogP contribution in [0.15, 0.2) is 28.3 Å². The summed E-state index contributed by atoms with van der Waals surface area (Å²) in [4.78, 5) is 15.8. The number of rotatable bonds is 7. The van der Waals surface area contributed by atoms with E-state index in [-0.39, 0.29) is 16.6 Å². The van der Waals surface area contributed by atoms with E-state index in [1.165, 1.54) is 28.3 Å². The van der Waals surface area contributed by atoms with Gasteiger partial charge in [-0.3, -0.25) is 4.79 Å². The van der Waals surface area contributed by atoms with E-state index in [9.17, 15) is 13.2 Å². The van der Waals surface area contributed by atoms with Crippen molar-refractivity contribution in [3.8, 4) is 0 Å². The normalized spacial score (nSPS) is 16.2. The van der Waals surface area contributed by atoms with Gasteiger partial charge in [-0.1, -0.05) is 18.7 Å². The van der Waals surface area contributed by atoms with E-state index in [1.807, 2.05) is 6.92 Å². The molecule has 9 heteroatoms. The monoisotopic (exact) mass is 359 g/mol. The highest BCUT2D eigenvalue weighted by Crippen LogP contribution is 2.20. The largest absolute Gasteiger partial charge is 0.379 e. The lowest BCUT2D eigenvalue weighted by atomic mass is 10.5. The highest BCUT2D eigenvalue weighted by atomic mass is 32.2. The second-order valence-electron chi connectivity index (χ2n) is 4.99. The molecule has 1 aromatic rings. The predicted molar refractivity (Wildman–Crippen MR) is 87.8 cm³/mol. The average molecular weight is 359 g/mol. The molecule has 2 heterocycles. The molecule has 1 fully saturated rings. The number of thioether (sulfide) groups is 1. The maximum atomic E-state index is 12.4. The molecule has 0 aliphatic carbocycles. The number of carbonyl (C=O) groups is 1. The number of nitrogens with zero attached hydrogens (tertiary/aromatic N) is 2. The number of hydrogen-bond donors (Lipinski definition) is 1. The van der Waals surface area contributed by atoms with Crippen LogP contribution in [0.1, 0.15) is 13.3 Å². The molecule has 23 heavy (non-hydrogen) atoms. The first kappa shape index (κ1) is 18.2. The Balaban J connectivity index is 1.94. The second-order valence-corrected chi connectivity index (χ2v) is 7.92. The Bertz CT molecular complexity index is 613. The summed E-state index contributed by atoms with van der Waals surface area (Å²) < 4.78 is 31.5. The highest BCUT2D eigenvalue weighted by Gasteiger charge is 2.26. The number of carbonyl (C=O) groups excluding carboxylic acids is 1. The molecule has 0 spiro atoms. The molecule has 1 aliphatic rings. The minimum atomic E-state index is -3.52. The first-order valence-corrected chi connectivity index (χ1v) is 9.90. The van der Waals surface area contributed by atoms with Gasteiger partial charge in [-0.15, -0.1) is 0 Å². The van der Waals surface area contributed by atoms with Gasteiger partial charge in [-0.05, 0) is 18.6 Å². The molecule has 128 valence electrons. The summed E-state index contributed by atoms with van der Waals surface area (Å²) in [5.74, 6) is 0.214. The van der Waals surface area contributed by atoms with Crippen LogP contribution in [0.3, 0.4) is 0 Å². The van der Waals surface area contributed by atoms with Crippen LogP contribution in [0.5, 0.6) is 0 Å². The molecule has 1 amide bonds. The van der Waals surface area contributed by atoms with Gasteiger partial charge in [0.2, 0.25) is 15.9 Å². The van der Waals surface area contributed by atoms with Gasteiger partial charge in [-0.25, -0.2) is 13.4 Å². The van der Waals surface area contributed by atoms with Gasteiger partial charge in [0.1, 0.15) is 4.90 Å². The number of hydrogen-bond acceptors (Lipinski definition) is 6. The van der Waals surface area contributed by atoms with Crippen LogP contribution in [0.4, 0.5) is 0 Å². The number of amides is 1. The van der Waals surface area contributed by atoms with E-state index >= 15 is 0 Å². The van der Waals surface area contributed by atoms with Crippen molar-refractivity contribution < 1.29 is 17.9 Å². The molecule has 1 aromatic heterocycles. The van der Waals surface area contributed by atoms with Crippen LogP contribution in [0.2, 0.25) is 0 Å². The topological polar surface area (TPSA) is 88.6 Å². The summed E-state index contributed by atoms with van der Waals surface area (Å²) in [5.41, 5.74) is 0. The van der Waals surface area contributed by atoms with Crippen LogP contribution in [-0.2, 0) is 19.6 Å². The zero-order valence-electron chi connectivity index (χ0n) is 13.0. The Morgan fingerprint density at radius 3 is 2.74 bits per heavy atom. The van der Waals surface area contributed by atoms with Gasteiger partial charge in [0.05, 0.1) is 24.0 Å². The third-order valence-electron chi connectivity index (χ3n) is 3.24. The number of sulfonamides is 1. The smallest absolute Gasteiger partial charge is 0.244 e. The minimum absolute atomic E-state index is 0.0522. The van der Waals surface area contributed by atoms with Gasteiger partial charge in [-0.2, -0.15) is 4.31 Å². The summed E-state index contributed by atoms with van der Waals surface area (Å²) in [6.45, 7) is 4.18. The van der Waals surface area contributed by atoms with Crippen molar-refractivity contribution in [1.29, 1.82) is 0 Å². The molecule has 0 aromatic carbocycles. The molecule has 2 rings (SSSR count). The number of ether oxygens (including phenoxy) is 1. The van der Waals surface area contributed by atoms with E-state index in [0.29, 0.717) is 37.9 Å². The molecular formula is C14H21N3O4S2. The lowest BCUT2D eigenvalue weighted by Crippen LogP contribution is -2.40. The number of pyridine rings is 1. The number of aromatic nitrogens is 1. The van der Waals surface area contributed by atoms with Crippen LogP contribution in [0.25, 0.3) is 0 Å². The molecular weight excluding hydrogens is 338 g/mol. The van der Waals surface area contributed by atoms with Crippen LogP contribution in [0, 0.1) is 0 Å². The molecule has 0 atom stereocenters. The first-order chi connectivity index (χ1) is 11.0. The molecule has 0 bridgehead atoms. The van der Waals surface area contributed by atoms with Gasteiger partial charge in [0, 0.05) is 25.8 Å².